The van der Waals surface area contributed by atoms with E-state index in [1.165, 1.54) is 11.1 Å². The van der Waals surface area contributed by atoms with Crippen molar-refractivity contribution in [3.63, 3.8) is 0 Å². The fraction of sp³-hybridized carbons (Fsp3) is 0.375. The molecule has 0 aliphatic heterocycles. The summed E-state index contributed by atoms with van der Waals surface area (Å²) in [5, 5.41) is 3.43. The molecule has 0 bridgehead atoms. The Bertz CT molecular complexity index is 597. The van der Waals surface area contributed by atoms with Crippen LogP contribution in [0.3, 0.4) is 0 Å². The lowest BCUT2D eigenvalue weighted by atomic mass is 10.0. The maximum Gasteiger partial charge on any atom is 0.145 e. The number of nitrogens with one attached hydrogen (secondary N) is 2. The zero-order chi connectivity index (χ0) is 15.2. The van der Waals surface area contributed by atoms with Gasteiger partial charge in [-0.05, 0) is 31.4 Å². The molecular formula is C16H23N5. The Labute approximate surface area is 126 Å². The molecule has 112 valence electrons. The summed E-state index contributed by atoms with van der Waals surface area (Å²) in [5.41, 5.74) is 5.12. The van der Waals surface area contributed by atoms with Gasteiger partial charge in [-0.25, -0.2) is 15.8 Å². The van der Waals surface area contributed by atoms with Crippen LogP contribution in [-0.2, 0) is 6.42 Å². The predicted octanol–water partition coefficient (Wildman–Crippen LogP) is 3.20. The molecule has 2 aromatic rings. The number of nitrogen functional groups attached to an aromatic ring is 1. The van der Waals surface area contributed by atoms with E-state index in [1.54, 1.807) is 0 Å². The fourth-order valence-electron chi connectivity index (χ4n) is 2.35. The first-order chi connectivity index (χ1) is 10.1. The number of nitrogens with zero attached hydrogens (tertiary/aromatic N) is 2. The van der Waals surface area contributed by atoms with Gasteiger partial charge in [-0.2, -0.15) is 0 Å². The van der Waals surface area contributed by atoms with Crippen LogP contribution in [0.5, 0.6) is 0 Å². The van der Waals surface area contributed by atoms with Gasteiger partial charge in [0.2, 0.25) is 0 Å². The largest absolute Gasteiger partial charge is 0.363 e. The molecule has 5 heteroatoms. The van der Waals surface area contributed by atoms with Crippen molar-refractivity contribution in [2.45, 2.75) is 39.7 Å². The predicted molar refractivity (Wildman–Crippen MR) is 87.1 cm³/mol. The number of hydrogen-bond donors (Lipinski definition) is 3. The first kappa shape index (κ1) is 15.3. The van der Waals surface area contributed by atoms with Crippen LogP contribution >= 0.6 is 0 Å². The quantitative estimate of drug-likeness (QED) is 0.561. The number of aromatic nitrogens is 2. The van der Waals surface area contributed by atoms with Crippen molar-refractivity contribution in [2.24, 2.45) is 5.84 Å². The summed E-state index contributed by atoms with van der Waals surface area (Å²) < 4.78 is 0. The highest BCUT2D eigenvalue weighted by Crippen LogP contribution is 2.22. The van der Waals surface area contributed by atoms with Crippen LogP contribution in [0.15, 0.2) is 30.3 Å². The van der Waals surface area contributed by atoms with Crippen LogP contribution in [-0.4, -0.2) is 9.97 Å². The number of anilines is 2. The minimum absolute atomic E-state index is 0.168. The van der Waals surface area contributed by atoms with E-state index >= 15 is 0 Å². The molecule has 1 unspecified atom stereocenters. The second-order valence-electron chi connectivity index (χ2n) is 5.17. The average Bonchev–Trinajstić information content (AvgIpc) is 2.47. The van der Waals surface area contributed by atoms with E-state index in [4.69, 9.17) is 5.84 Å². The van der Waals surface area contributed by atoms with E-state index in [0.29, 0.717) is 5.82 Å². The minimum Gasteiger partial charge on any atom is -0.363 e. The van der Waals surface area contributed by atoms with Crippen molar-refractivity contribution in [1.82, 2.24) is 9.97 Å². The van der Waals surface area contributed by atoms with E-state index in [-0.39, 0.29) is 6.04 Å². The van der Waals surface area contributed by atoms with E-state index in [1.807, 2.05) is 12.1 Å². The molecule has 4 N–H and O–H groups in total. The summed E-state index contributed by atoms with van der Waals surface area (Å²) in [5.74, 6) is 7.70. The van der Waals surface area contributed by atoms with Crippen molar-refractivity contribution < 1.29 is 0 Å². The molecule has 5 nitrogen and oxygen atoms in total. The Morgan fingerprint density at radius 3 is 2.57 bits per heavy atom. The van der Waals surface area contributed by atoms with Gasteiger partial charge >= 0.3 is 0 Å². The Balaban J connectivity index is 2.22. The summed E-state index contributed by atoms with van der Waals surface area (Å²) >= 11 is 0. The van der Waals surface area contributed by atoms with Crippen LogP contribution in [0.4, 0.5) is 11.6 Å². The summed E-state index contributed by atoms with van der Waals surface area (Å²) in [6.07, 6.45) is 1.84. The molecule has 0 saturated heterocycles. The lowest BCUT2D eigenvalue weighted by molar-refractivity contribution is 0.817. The highest BCUT2D eigenvalue weighted by molar-refractivity contribution is 5.48. The van der Waals surface area contributed by atoms with Gasteiger partial charge in [0.05, 0.1) is 6.04 Å². The highest BCUT2D eigenvalue weighted by atomic mass is 15.3. The van der Waals surface area contributed by atoms with Crippen molar-refractivity contribution in [2.75, 3.05) is 10.7 Å². The van der Waals surface area contributed by atoms with E-state index in [0.717, 1.165) is 24.5 Å². The van der Waals surface area contributed by atoms with Crippen molar-refractivity contribution in [3.05, 3.63) is 47.3 Å². The number of hydrazine groups is 1. The monoisotopic (exact) mass is 285 g/mol. The standard InChI is InChI=1S/C16H23N5/c1-4-7-14-19-15(10-16(20-14)21-17)18-12(3)13-9-6-5-8-11(13)2/h5-6,8-10,12H,4,7,17H2,1-3H3,(H2,18,19,20,21). The third-order valence-corrected chi connectivity index (χ3v) is 3.41. The number of benzene rings is 1. The molecule has 21 heavy (non-hydrogen) atoms. The maximum absolute atomic E-state index is 5.48. The first-order valence-corrected chi connectivity index (χ1v) is 7.30. The highest BCUT2D eigenvalue weighted by Gasteiger charge is 2.10. The van der Waals surface area contributed by atoms with Crippen LogP contribution in [0.1, 0.15) is 43.3 Å². The third kappa shape index (κ3) is 3.92. The van der Waals surface area contributed by atoms with Gasteiger partial charge in [0.15, 0.2) is 0 Å². The van der Waals surface area contributed by atoms with Gasteiger partial charge < -0.3 is 10.7 Å². The third-order valence-electron chi connectivity index (χ3n) is 3.41. The molecule has 0 saturated carbocycles. The fourth-order valence-corrected chi connectivity index (χ4v) is 2.35. The van der Waals surface area contributed by atoms with Crippen LogP contribution in [0.25, 0.3) is 0 Å². The van der Waals surface area contributed by atoms with Gasteiger partial charge in [0.25, 0.3) is 0 Å². The van der Waals surface area contributed by atoms with Gasteiger partial charge in [0, 0.05) is 12.5 Å². The molecular weight excluding hydrogens is 262 g/mol. The Kier molecular flexibility index (Phi) is 5.11. The summed E-state index contributed by atoms with van der Waals surface area (Å²) in [7, 11) is 0. The van der Waals surface area contributed by atoms with Gasteiger partial charge in [0.1, 0.15) is 17.5 Å². The summed E-state index contributed by atoms with van der Waals surface area (Å²) in [6.45, 7) is 6.34. The topological polar surface area (TPSA) is 75.9 Å². The molecule has 0 aliphatic rings. The SMILES string of the molecule is CCCc1nc(NN)cc(NC(C)c2ccccc2C)n1. The Morgan fingerprint density at radius 2 is 1.90 bits per heavy atom. The summed E-state index contributed by atoms with van der Waals surface area (Å²) in [6, 6.07) is 10.3. The number of hydrogen-bond acceptors (Lipinski definition) is 5. The molecule has 1 atom stereocenters. The molecule has 1 aromatic heterocycles. The van der Waals surface area contributed by atoms with Crippen LogP contribution in [0.2, 0.25) is 0 Å². The molecule has 0 fully saturated rings. The lowest BCUT2D eigenvalue weighted by Crippen LogP contribution is -2.14. The van der Waals surface area contributed by atoms with E-state index in [9.17, 15) is 0 Å². The molecule has 0 amide bonds. The van der Waals surface area contributed by atoms with Gasteiger partial charge in [-0.15, -0.1) is 0 Å². The van der Waals surface area contributed by atoms with Crippen molar-refractivity contribution in [1.29, 1.82) is 0 Å². The molecule has 0 radical (unpaired) electrons. The molecule has 1 aromatic carbocycles. The molecule has 1 heterocycles. The number of aryl methyl sites for hydroxylation is 2. The lowest BCUT2D eigenvalue weighted by Gasteiger charge is -2.18. The Hall–Kier alpha value is -2.14. The van der Waals surface area contributed by atoms with E-state index < -0.39 is 0 Å². The number of nitrogens with two attached hydrogens (primary N) is 1. The average molecular weight is 285 g/mol. The maximum atomic E-state index is 5.48. The molecule has 0 spiro atoms. The molecule has 0 aliphatic carbocycles. The second-order valence-corrected chi connectivity index (χ2v) is 5.17. The van der Waals surface area contributed by atoms with Crippen molar-refractivity contribution >= 4 is 11.6 Å². The molecule has 2 rings (SSSR count). The van der Waals surface area contributed by atoms with Gasteiger partial charge in [-0.3, -0.25) is 0 Å². The smallest absolute Gasteiger partial charge is 0.145 e. The normalized spacial score (nSPS) is 12.0. The summed E-state index contributed by atoms with van der Waals surface area (Å²) in [4.78, 5) is 8.90. The van der Waals surface area contributed by atoms with E-state index in [2.05, 4.69) is 59.7 Å². The van der Waals surface area contributed by atoms with Crippen molar-refractivity contribution in [3.8, 4) is 0 Å². The van der Waals surface area contributed by atoms with Crippen LogP contribution in [0, 0.1) is 6.92 Å². The minimum atomic E-state index is 0.168. The first-order valence-electron chi connectivity index (χ1n) is 7.30. The zero-order valence-corrected chi connectivity index (χ0v) is 12.9. The van der Waals surface area contributed by atoms with Gasteiger partial charge in [-0.1, -0.05) is 31.2 Å². The second kappa shape index (κ2) is 7.04. The Morgan fingerprint density at radius 1 is 1.19 bits per heavy atom. The number of rotatable bonds is 6. The zero-order valence-electron chi connectivity index (χ0n) is 12.9. The van der Waals surface area contributed by atoms with Crippen LogP contribution < -0.4 is 16.6 Å².